The predicted octanol–water partition coefficient (Wildman–Crippen LogP) is 4.53. The number of hydrogen-bond acceptors (Lipinski definition) is 3. The third-order valence-corrected chi connectivity index (χ3v) is 6.07. The fourth-order valence-electron chi connectivity index (χ4n) is 3.91. The molecule has 0 saturated heterocycles. The van der Waals surface area contributed by atoms with Crippen LogP contribution in [0.4, 0.5) is 8.78 Å². The van der Waals surface area contributed by atoms with Crippen molar-refractivity contribution in [2.75, 3.05) is 13.6 Å². The molecule has 1 aliphatic heterocycles. The zero-order valence-electron chi connectivity index (χ0n) is 16.2. The molecule has 0 spiro atoms. The normalized spacial score (nSPS) is 15.3. The van der Waals surface area contributed by atoms with Crippen LogP contribution in [0.2, 0.25) is 5.02 Å². The van der Waals surface area contributed by atoms with Crippen LogP contribution >= 0.6 is 23.8 Å². The molecular formula is C21H19ClF2N4OS. The third-order valence-electron chi connectivity index (χ3n) is 5.46. The van der Waals surface area contributed by atoms with Crippen molar-refractivity contribution in [2.45, 2.75) is 25.3 Å². The Kier molecular flexibility index (Phi) is 5.71. The lowest BCUT2D eigenvalue weighted by atomic mass is 9.95. The van der Waals surface area contributed by atoms with E-state index in [1.807, 2.05) is 4.57 Å². The molecule has 3 aromatic rings. The number of amides is 1. The minimum atomic E-state index is -0.717. The number of hydrogen-bond donors (Lipinski definition) is 1. The Hall–Kier alpha value is -2.58. The number of aromatic nitrogens is 3. The average Bonchev–Trinajstić information content (AvgIpc) is 3.30. The summed E-state index contributed by atoms with van der Waals surface area (Å²) in [6.45, 7) is 0.837. The first kappa shape index (κ1) is 20.7. The molecule has 1 N–H and O–H groups in total. The van der Waals surface area contributed by atoms with Gasteiger partial charge in [-0.05, 0) is 42.9 Å². The van der Waals surface area contributed by atoms with Gasteiger partial charge in [-0.15, -0.1) is 0 Å². The number of pyridine rings is 1. The molecule has 0 radical (unpaired) electrons. The number of imidazole rings is 1. The number of fused-ring (bicyclic) bond motifs is 1. The minimum absolute atomic E-state index is 0.00424. The van der Waals surface area contributed by atoms with Crippen molar-refractivity contribution < 1.29 is 13.6 Å². The maximum atomic E-state index is 14.5. The van der Waals surface area contributed by atoms with Crippen molar-refractivity contribution in [3.8, 4) is 0 Å². The van der Waals surface area contributed by atoms with E-state index in [9.17, 15) is 13.6 Å². The highest BCUT2D eigenvalue weighted by atomic mass is 35.5. The van der Waals surface area contributed by atoms with Crippen molar-refractivity contribution in [1.82, 2.24) is 19.4 Å². The predicted molar refractivity (Wildman–Crippen MR) is 112 cm³/mol. The van der Waals surface area contributed by atoms with Gasteiger partial charge in [0.25, 0.3) is 5.91 Å². The SMILES string of the molecule is CN(CCc1[nH]c(=S)n2c1C[C@@H](c1c(F)ccc(Cl)c1F)C2)C(=O)c1cccnc1. The molecule has 4 rings (SSSR count). The Balaban J connectivity index is 1.51. The smallest absolute Gasteiger partial charge is 0.255 e. The fourth-order valence-corrected chi connectivity index (χ4v) is 4.38. The summed E-state index contributed by atoms with van der Waals surface area (Å²) in [5.74, 6) is -1.83. The summed E-state index contributed by atoms with van der Waals surface area (Å²) >= 11 is 11.3. The summed E-state index contributed by atoms with van der Waals surface area (Å²) < 4.78 is 31.2. The molecule has 2 aromatic heterocycles. The molecule has 1 amide bonds. The third kappa shape index (κ3) is 3.77. The van der Waals surface area contributed by atoms with Crippen LogP contribution in [0.15, 0.2) is 36.7 Å². The number of nitrogens with zero attached hydrogens (tertiary/aromatic N) is 3. The van der Waals surface area contributed by atoms with E-state index >= 15 is 0 Å². The summed E-state index contributed by atoms with van der Waals surface area (Å²) in [6, 6.07) is 5.84. The zero-order valence-corrected chi connectivity index (χ0v) is 17.7. The second-order valence-corrected chi connectivity index (χ2v) is 8.14. The van der Waals surface area contributed by atoms with Gasteiger partial charge in [0.15, 0.2) is 4.77 Å². The van der Waals surface area contributed by atoms with Gasteiger partial charge < -0.3 is 14.5 Å². The fraction of sp³-hybridized carbons (Fsp3) is 0.286. The number of aromatic amines is 1. The van der Waals surface area contributed by atoms with Crippen molar-refractivity contribution in [3.63, 3.8) is 0 Å². The first-order valence-electron chi connectivity index (χ1n) is 9.46. The molecule has 3 heterocycles. The van der Waals surface area contributed by atoms with Crippen LogP contribution in [-0.4, -0.2) is 38.9 Å². The van der Waals surface area contributed by atoms with Crippen molar-refractivity contribution in [3.05, 3.63) is 80.6 Å². The minimum Gasteiger partial charge on any atom is -0.341 e. The van der Waals surface area contributed by atoms with Crippen LogP contribution in [0.25, 0.3) is 0 Å². The lowest BCUT2D eigenvalue weighted by molar-refractivity contribution is 0.0796. The Morgan fingerprint density at radius 2 is 2.20 bits per heavy atom. The summed E-state index contributed by atoms with van der Waals surface area (Å²) in [5, 5.41) is -0.0936. The standard InChI is InChI=1S/C21H19ClF2N4OS/c1-27(20(29)12-3-2-7-25-10-12)8-6-16-17-9-13(11-28(17)21(30)26-16)18-15(23)5-4-14(22)19(18)24/h2-5,7,10,13H,6,8-9,11H2,1H3,(H,26,30)/t13-/m1/s1. The van der Waals surface area contributed by atoms with Crippen LogP contribution in [0.5, 0.6) is 0 Å². The molecule has 1 atom stereocenters. The number of carbonyl (C=O) groups excluding carboxylic acids is 1. The Bertz CT molecular complexity index is 1160. The number of likely N-dealkylation sites (N-methyl/N-ethyl adjacent to an activating group) is 1. The van der Waals surface area contributed by atoms with E-state index in [4.69, 9.17) is 23.8 Å². The zero-order chi connectivity index (χ0) is 21.4. The van der Waals surface area contributed by atoms with Crippen LogP contribution in [0.1, 0.15) is 33.2 Å². The Morgan fingerprint density at radius 3 is 2.93 bits per heavy atom. The highest BCUT2D eigenvalue weighted by Crippen LogP contribution is 2.36. The van der Waals surface area contributed by atoms with Crippen LogP contribution in [0.3, 0.4) is 0 Å². The van der Waals surface area contributed by atoms with E-state index in [1.54, 1.807) is 30.3 Å². The van der Waals surface area contributed by atoms with Crippen molar-refractivity contribution >= 4 is 29.7 Å². The topological polar surface area (TPSA) is 53.9 Å². The largest absolute Gasteiger partial charge is 0.341 e. The van der Waals surface area contributed by atoms with E-state index in [-0.39, 0.29) is 22.4 Å². The van der Waals surface area contributed by atoms with E-state index < -0.39 is 11.6 Å². The number of halogens is 3. The van der Waals surface area contributed by atoms with Gasteiger partial charge in [0.2, 0.25) is 0 Å². The highest BCUT2D eigenvalue weighted by Gasteiger charge is 2.31. The molecule has 1 aromatic carbocycles. The number of carbonyl (C=O) groups is 1. The molecule has 0 fully saturated rings. The molecular weight excluding hydrogens is 430 g/mol. The van der Waals surface area contributed by atoms with Crippen LogP contribution in [-0.2, 0) is 19.4 Å². The Morgan fingerprint density at radius 1 is 1.40 bits per heavy atom. The number of nitrogens with one attached hydrogen (secondary N) is 1. The van der Waals surface area contributed by atoms with Gasteiger partial charge in [0.1, 0.15) is 11.6 Å². The molecule has 0 aliphatic carbocycles. The summed E-state index contributed by atoms with van der Waals surface area (Å²) in [4.78, 5) is 21.3. The van der Waals surface area contributed by atoms with Gasteiger partial charge in [-0.1, -0.05) is 11.6 Å². The van der Waals surface area contributed by atoms with E-state index in [0.29, 0.717) is 36.3 Å². The summed E-state index contributed by atoms with van der Waals surface area (Å²) in [6.07, 6.45) is 4.13. The molecule has 0 unspecified atom stereocenters. The van der Waals surface area contributed by atoms with Gasteiger partial charge in [0, 0.05) is 61.8 Å². The lowest BCUT2D eigenvalue weighted by Gasteiger charge is -2.17. The number of H-pyrrole nitrogens is 1. The summed E-state index contributed by atoms with van der Waals surface area (Å²) in [5.41, 5.74) is 2.29. The van der Waals surface area contributed by atoms with E-state index in [2.05, 4.69) is 9.97 Å². The molecule has 156 valence electrons. The molecule has 30 heavy (non-hydrogen) atoms. The van der Waals surface area contributed by atoms with Crippen molar-refractivity contribution in [2.24, 2.45) is 0 Å². The average molecular weight is 449 g/mol. The van der Waals surface area contributed by atoms with Gasteiger partial charge >= 0.3 is 0 Å². The monoisotopic (exact) mass is 448 g/mol. The highest BCUT2D eigenvalue weighted by molar-refractivity contribution is 7.71. The maximum absolute atomic E-state index is 14.5. The van der Waals surface area contributed by atoms with Crippen LogP contribution in [0, 0.1) is 16.4 Å². The van der Waals surface area contributed by atoms with E-state index in [1.165, 1.54) is 18.3 Å². The van der Waals surface area contributed by atoms with Gasteiger partial charge in [-0.3, -0.25) is 9.78 Å². The second kappa shape index (κ2) is 8.28. The number of rotatable bonds is 5. The number of benzene rings is 1. The van der Waals surface area contributed by atoms with Gasteiger partial charge in [-0.2, -0.15) is 0 Å². The van der Waals surface area contributed by atoms with E-state index in [0.717, 1.165) is 11.4 Å². The van der Waals surface area contributed by atoms with Gasteiger partial charge in [-0.25, -0.2) is 8.78 Å². The second-order valence-electron chi connectivity index (χ2n) is 7.34. The summed E-state index contributed by atoms with van der Waals surface area (Å²) in [7, 11) is 1.72. The Labute approximate surface area is 182 Å². The van der Waals surface area contributed by atoms with Gasteiger partial charge in [0.05, 0.1) is 10.6 Å². The molecule has 0 bridgehead atoms. The first-order chi connectivity index (χ1) is 14.4. The maximum Gasteiger partial charge on any atom is 0.255 e. The quantitative estimate of drug-likeness (QED) is 0.461. The lowest BCUT2D eigenvalue weighted by Crippen LogP contribution is -2.29. The van der Waals surface area contributed by atoms with Crippen LogP contribution < -0.4 is 0 Å². The molecule has 1 aliphatic rings. The molecule has 9 heteroatoms. The molecule has 0 saturated carbocycles. The van der Waals surface area contributed by atoms with Crippen molar-refractivity contribution in [1.29, 1.82) is 0 Å². The molecule has 5 nitrogen and oxygen atoms in total. The first-order valence-corrected chi connectivity index (χ1v) is 10.2.